The van der Waals surface area contributed by atoms with Gasteiger partial charge in [0.25, 0.3) is 0 Å². The van der Waals surface area contributed by atoms with Crippen molar-refractivity contribution in [2.75, 3.05) is 23.7 Å². The van der Waals surface area contributed by atoms with Crippen LogP contribution in [-0.2, 0) is 4.79 Å². The normalized spacial score (nSPS) is 16.4. The summed E-state index contributed by atoms with van der Waals surface area (Å²) in [4.78, 5) is 24.6. The Morgan fingerprint density at radius 1 is 1.26 bits per heavy atom. The molecule has 2 rings (SSSR count). The number of carbonyl (C=O) groups is 2. The second kappa shape index (κ2) is 5.30. The molecule has 1 amide bonds. The number of carbonyl (C=O) groups excluding carboxylic acids is 2. The molecule has 5 nitrogen and oxygen atoms in total. The van der Waals surface area contributed by atoms with Crippen LogP contribution in [0.2, 0.25) is 0 Å². The number of nitrogens with zero attached hydrogens (tertiary/aromatic N) is 1. The van der Waals surface area contributed by atoms with Crippen LogP contribution in [0.5, 0.6) is 0 Å². The van der Waals surface area contributed by atoms with E-state index in [1.54, 1.807) is 6.07 Å². The highest BCUT2D eigenvalue weighted by molar-refractivity contribution is 5.99. The number of primary amides is 1. The number of rotatable bonds is 3. The average Bonchev–Trinajstić information content (AvgIpc) is 2.38. The maximum Gasteiger partial charge on any atom is 0.220 e. The minimum absolute atomic E-state index is 0.0231. The summed E-state index contributed by atoms with van der Waals surface area (Å²) >= 11 is 0. The number of ketones is 1. The summed E-state index contributed by atoms with van der Waals surface area (Å²) in [5, 5.41) is 0. The highest BCUT2D eigenvalue weighted by Gasteiger charge is 2.23. The van der Waals surface area contributed by atoms with Gasteiger partial charge in [0, 0.05) is 35.9 Å². The Morgan fingerprint density at radius 3 is 2.37 bits per heavy atom. The zero-order valence-corrected chi connectivity index (χ0v) is 11.1. The number of hydrogen-bond acceptors (Lipinski definition) is 4. The third-order valence-electron chi connectivity index (χ3n) is 3.68. The van der Waals surface area contributed by atoms with Gasteiger partial charge in [-0.3, -0.25) is 9.59 Å². The second-order valence-electron chi connectivity index (χ2n) is 4.99. The van der Waals surface area contributed by atoms with Gasteiger partial charge in [0.15, 0.2) is 5.78 Å². The molecule has 102 valence electrons. The van der Waals surface area contributed by atoms with Crippen molar-refractivity contribution in [1.82, 2.24) is 0 Å². The molecule has 1 heterocycles. The monoisotopic (exact) mass is 261 g/mol. The van der Waals surface area contributed by atoms with Crippen molar-refractivity contribution in [3.05, 3.63) is 23.8 Å². The number of anilines is 2. The van der Waals surface area contributed by atoms with Crippen molar-refractivity contribution in [3.63, 3.8) is 0 Å². The van der Waals surface area contributed by atoms with Crippen LogP contribution in [0.1, 0.15) is 30.1 Å². The van der Waals surface area contributed by atoms with Crippen LogP contribution < -0.4 is 16.4 Å². The molecule has 1 aromatic rings. The van der Waals surface area contributed by atoms with Gasteiger partial charge in [-0.2, -0.15) is 0 Å². The standard InChI is InChI=1S/C14H19N3O2/c1-9(18)12-3-2-11(8-13(12)15)17-6-4-10(5-7-17)14(16)19/h2-3,8,10H,4-7,15H2,1H3,(H2,16,19). The van der Waals surface area contributed by atoms with Crippen molar-refractivity contribution in [3.8, 4) is 0 Å². The topological polar surface area (TPSA) is 89.4 Å². The minimum Gasteiger partial charge on any atom is -0.398 e. The van der Waals surface area contributed by atoms with Gasteiger partial charge < -0.3 is 16.4 Å². The van der Waals surface area contributed by atoms with Crippen molar-refractivity contribution in [1.29, 1.82) is 0 Å². The first-order chi connectivity index (χ1) is 8.99. The summed E-state index contributed by atoms with van der Waals surface area (Å²) in [6.45, 7) is 3.07. The molecule has 1 aliphatic rings. The molecule has 1 aromatic carbocycles. The van der Waals surface area contributed by atoms with Crippen molar-refractivity contribution in [2.24, 2.45) is 11.7 Å². The number of amides is 1. The van der Waals surface area contributed by atoms with Gasteiger partial charge in [-0.1, -0.05) is 0 Å². The van der Waals surface area contributed by atoms with Crippen LogP contribution in [-0.4, -0.2) is 24.8 Å². The molecule has 1 aliphatic heterocycles. The first-order valence-electron chi connectivity index (χ1n) is 6.43. The maximum atomic E-state index is 11.3. The van der Waals surface area contributed by atoms with Crippen molar-refractivity contribution in [2.45, 2.75) is 19.8 Å². The lowest BCUT2D eigenvalue weighted by Crippen LogP contribution is -2.38. The molecule has 5 heteroatoms. The highest BCUT2D eigenvalue weighted by atomic mass is 16.1. The summed E-state index contributed by atoms with van der Waals surface area (Å²) in [6.07, 6.45) is 1.54. The lowest BCUT2D eigenvalue weighted by molar-refractivity contribution is -0.122. The van der Waals surface area contributed by atoms with E-state index in [1.807, 2.05) is 12.1 Å². The first-order valence-corrected chi connectivity index (χ1v) is 6.43. The summed E-state index contributed by atoms with van der Waals surface area (Å²) in [5.41, 5.74) is 13.2. The summed E-state index contributed by atoms with van der Waals surface area (Å²) in [7, 11) is 0. The third-order valence-corrected chi connectivity index (χ3v) is 3.68. The molecule has 0 spiro atoms. The Hall–Kier alpha value is -2.04. The molecular weight excluding hydrogens is 242 g/mol. The number of benzene rings is 1. The Morgan fingerprint density at radius 2 is 1.89 bits per heavy atom. The second-order valence-corrected chi connectivity index (χ2v) is 4.99. The van der Waals surface area contributed by atoms with E-state index < -0.39 is 0 Å². The predicted octanol–water partition coefficient (Wildman–Crippen LogP) is 1.17. The van der Waals surface area contributed by atoms with Crippen molar-refractivity contribution >= 4 is 23.1 Å². The minimum atomic E-state index is -0.217. The number of nitrogen functional groups attached to an aromatic ring is 1. The first kappa shape index (κ1) is 13.4. The predicted molar refractivity (Wildman–Crippen MR) is 75.0 cm³/mol. The fourth-order valence-electron chi connectivity index (χ4n) is 2.49. The van der Waals surface area contributed by atoms with Gasteiger partial charge in [-0.15, -0.1) is 0 Å². The van der Waals surface area contributed by atoms with E-state index >= 15 is 0 Å². The van der Waals surface area contributed by atoms with E-state index in [4.69, 9.17) is 11.5 Å². The molecule has 4 N–H and O–H groups in total. The molecular formula is C14H19N3O2. The fourth-order valence-corrected chi connectivity index (χ4v) is 2.49. The number of piperidine rings is 1. The quantitative estimate of drug-likeness (QED) is 0.631. The van der Waals surface area contributed by atoms with Crippen molar-refractivity contribution < 1.29 is 9.59 Å². The van der Waals surface area contributed by atoms with Gasteiger partial charge in [0.1, 0.15) is 0 Å². The maximum absolute atomic E-state index is 11.3. The van der Waals surface area contributed by atoms with E-state index in [-0.39, 0.29) is 17.6 Å². The molecule has 1 saturated heterocycles. The Bertz CT molecular complexity index is 505. The van der Waals surface area contributed by atoms with E-state index in [0.717, 1.165) is 31.6 Å². The summed E-state index contributed by atoms with van der Waals surface area (Å²) in [6, 6.07) is 5.48. The zero-order chi connectivity index (χ0) is 14.0. The SMILES string of the molecule is CC(=O)c1ccc(N2CCC(C(N)=O)CC2)cc1N. The summed E-state index contributed by atoms with van der Waals surface area (Å²) in [5.74, 6) is -0.271. The Balaban J connectivity index is 2.10. The van der Waals surface area contributed by atoms with Crippen LogP contribution in [0.3, 0.4) is 0 Å². The van der Waals surface area contributed by atoms with Crippen LogP contribution in [0.4, 0.5) is 11.4 Å². The molecule has 19 heavy (non-hydrogen) atoms. The van der Waals surface area contributed by atoms with Gasteiger partial charge >= 0.3 is 0 Å². The molecule has 0 atom stereocenters. The molecule has 0 aliphatic carbocycles. The highest BCUT2D eigenvalue weighted by Crippen LogP contribution is 2.26. The fraction of sp³-hybridized carbons (Fsp3) is 0.429. The van der Waals surface area contributed by atoms with Crippen LogP contribution in [0.15, 0.2) is 18.2 Å². The molecule has 0 unspecified atom stereocenters. The van der Waals surface area contributed by atoms with Gasteiger partial charge in [0.05, 0.1) is 0 Å². The number of Topliss-reactive ketones (excluding diaryl/α,β-unsaturated/α-hetero) is 1. The van der Waals surface area contributed by atoms with Gasteiger partial charge in [0.2, 0.25) is 5.91 Å². The van der Waals surface area contributed by atoms with Crippen LogP contribution >= 0.6 is 0 Å². The number of hydrogen-bond donors (Lipinski definition) is 2. The third kappa shape index (κ3) is 2.86. The van der Waals surface area contributed by atoms with Crippen LogP contribution in [0, 0.1) is 5.92 Å². The zero-order valence-electron chi connectivity index (χ0n) is 11.1. The molecule has 0 radical (unpaired) electrons. The van der Waals surface area contributed by atoms with Crippen LogP contribution in [0.25, 0.3) is 0 Å². The largest absolute Gasteiger partial charge is 0.398 e. The van der Waals surface area contributed by atoms with E-state index in [1.165, 1.54) is 6.92 Å². The average molecular weight is 261 g/mol. The molecule has 1 fully saturated rings. The van der Waals surface area contributed by atoms with E-state index in [2.05, 4.69) is 4.90 Å². The molecule has 0 bridgehead atoms. The molecule has 0 saturated carbocycles. The smallest absolute Gasteiger partial charge is 0.220 e. The lowest BCUT2D eigenvalue weighted by atomic mass is 9.95. The number of nitrogens with two attached hydrogens (primary N) is 2. The van der Waals surface area contributed by atoms with E-state index in [9.17, 15) is 9.59 Å². The molecule has 0 aromatic heterocycles. The Labute approximate surface area is 112 Å². The van der Waals surface area contributed by atoms with Gasteiger partial charge in [-0.25, -0.2) is 0 Å². The van der Waals surface area contributed by atoms with Gasteiger partial charge in [-0.05, 0) is 38.0 Å². The lowest BCUT2D eigenvalue weighted by Gasteiger charge is -2.32. The Kier molecular flexibility index (Phi) is 3.74. The summed E-state index contributed by atoms with van der Waals surface area (Å²) < 4.78 is 0. The van der Waals surface area contributed by atoms with E-state index in [0.29, 0.717) is 11.3 Å².